The third kappa shape index (κ3) is 4.12. The summed E-state index contributed by atoms with van der Waals surface area (Å²) in [4.78, 5) is 0. The molecule has 0 heterocycles. The molecule has 0 amide bonds. The molecule has 0 aliphatic rings. The molecule has 0 saturated carbocycles. The molecule has 0 aromatic rings. The SMILES string of the molecule is CCCC(CC)(CN)CC(C)CC. The minimum atomic E-state index is 0.435. The van der Waals surface area contributed by atoms with E-state index in [2.05, 4.69) is 27.7 Å². The van der Waals surface area contributed by atoms with E-state index >= 15 is 0 Å². The predicted molar refractivity (Wildman–Crippen MR) is 60.8 cm³/mol. The van der Waals surface area contributed by atoms with Crippen LogP contribution >= 0.6 is 0 Å². The summed E-state index contributed by atoms with van der Waals surface area (Å²) in [7, 11) is 0. The minimum Gasteiger partial charge on any atom is -0.330 e. The van der Waals surface area contributed by atoms with Gasteiger partial charge < -0.3 is 5.73 Å². The zero-order valence-corrected chi connectivity index (χ0v) is 9.90. The molecule has 0 radical (unpaired) electrons. The second-order valence-corrected chi connectivity index (χ2v) is 4.53. The molecular weight excluding hydrogens is 158 g/mol. The molecule has 2 atom stereocenters. The molecule has 0 saturated heterocycles. The van der Waals surface area contributed by atoms with Crippen molar-refractivity contribution >= 4 is 0 Å². The first-order valence-electron chi connectivity index (χ1n) is 5.84. The fourth-order valence-electron chi connectivity index (χ4n) is 2.17. The molecule has 0 spiro atoms. The first-order chi connectivity index (χ1) is 6.14. The highest BCUT2D eigenvalue weighted by molar-refractivity contribution is 4.80. The molecule has 0 rings (SSSR count). The van der Waals surface area contributed by atoms with Gasteiger partial charge in [-0.3, -0.25) is 0 Å². The summed E-state index contributed by atoms with van der Waals surface area (Å²) in [5.41, 5.74) is 6.34. The van der Waals surface area contributed by atoms with Crippen LogP contribution in [0.15, 0.2) is 0 Å². The Morgan fingerprint density at radius 3 is 2.15 bits per heavy atom. The Morgan fingerprint density at radius 1 is 1.23 bits per heavy atom. The standard InChI is InChI=1S/C12H27N/c1-5-8-12(7-3,10-13)9-11(4)6-2/h11H,5-10,13H2,1-4H3. The lowest BCUT2D eigenvalue weighted by Gasteiger charge is -2.33. The van der Waals surface area contributed by atoms with Gasteiger partial charge in [0.15, 0.2) is 0 Å². The van der Waals surface area contributed by atoms with E-state index in [9.17, 15) is 0 Å². The average molecular weight is 185 g/mol. The summed E-state index contributed by atoms with van der Waals surface area (Å²) in [6.07, 6.45) is 6.39. The summed E-state index contributed by atoms with van der Waals surface area (Å²) in [5, 5.41) is 0. The fraction of sp³-hybridized carbons (Fsp3) is 1.00. The Kier molecular flexibility index (Phi) is 6.40. The van der Waals surface area contributed by atoms with Crippen LogP contribution in [0.2, 0.25) is 0 Å². The molecule has 0 bridgehead atoms. The van der Waals surface area contributed by atoms with Crippen LogP contribution < -0.4 is 5.73 Å². The van der Waals surface area contributed by atoms with Crippen molar-refractivity contribution in [3.63, 3.8) is 0 Å². The fourth-order valence-corrected chi connectivity index (χ4v) is 2.17. The van der Waals surface area contributed by atoms with Crippen molar-refractivity contribution < 1.29 is 0 Å². The van der Waals surface area contributed by atoms with E-state index in [0.717, 1.165) is 12.5 Å². The molecule has 1 heteroatoms. The van der Waals surface area contributed by atoms with Crippen LogP contribution in [0.25, 0.3) is 0 Å². The summed E-state index contributed by atoms with van der Waals surface area (Å²) >= 11 is 0. The molecule has 13 heavy (non-hydrogen) atoms. The summed E-state index contributed by atoms with van der Waals surface area (Å²) < 4.78 is 0. The van der Waals surface area contributed by atoms with Crippen LogP contribution in [0.5, 0.6) is 0 Å². The first-order valence-corrected chi connectivity index (χ1v) is 5.84. The highest BCUT2D eigenvalue weighted by Gasteiger charge is 2.26. The van der Waals surface area contributed by atoms with Crippen molar-refractivity contribution in [3.8, 4) is 0 Å². The summed E-state index contributed by atoms with van der Waals surface area (Å²) in [5.74, 6) is 0.829. The van der Waals surface area contributed by atoms with Crippen molar-refractivity contribution in [2.45, 2.75) is 59.8 Å². The van der Waals surface area contributed by atoms with Gasteiger partial charge in [-0.2, -0.15) is 0 Å². The number of rotatable bonds is 7. The molecular formula is C12H27N. The Hall–Kier alpha value is -0.0400. The second kappa shape index (κ2) is 6.42. The van der Waals surface area contributed by atoms with E-state index in [1.54, 1.807) is 0 Å². The molecule has 0 aromatic carbocycles. The van der Waals surface area contributed by atoms with Crippen molar-refractivity contribution in [2.24, 2.45) is 17.1 Å². The quantitative estimate of drug-likeness (QED) is 0.644. The van der Waals surface area contributed by atoms with E-state index < -0.39 is 0 Å². The van der Waals surface area contributed by atoms with Gasteiger partial charge >= 0.3 is 0 Å². The third-order valence-corrected chi connectivity index (χ3v) is 3.44. The Balaban J connectivity index is 4.19. The molecule has 0 aromatic heterocycles. The molecule has 2 N–H and O–H groups in total. The normalized spacial score (nSPS) is 18.2. The van der Waals surface area contributed by atoms with Crippen LogP contribution in [0.3, 0.4) is 0 Å². The number of nitrogens with two attached hydrogens (primary N) is 1. The topological polar surface area (TPSA) is 26.0 Å². The summed E-state index contributed by atoms with van der Waals surface area (Å²) in [6, 6.07) is 0. The van der Waals surface area contributed by atoms with Gasteiger partial charge in [0, 0.05) is 0 Å². The van der Waals surface area contributed by atoms with Crippen LogP contribution in [-0.4, -0.2) is 6.54 Å². The van der Waals surface area contributed by atoms with Crippen LogP contribution in [0.1, 0.15) is 59.8 Å². The molecule has 2 unspecified atom stereocenters. The first kappa shape index (κ1) is 13.0. The molecule has 80 valence electrons. The maximum absolute atomic E-state index is 5.91. The van der Waals surface area contributed by atoms with Crippen molar-refractivity contribution in [3.05, 3.63) is 0 Å². The van der Waals surface area contributed by atoms with Crippen LogP contribution in [-0.2, 0) is 0 Å². The van der Waals surface area contributed by atoms with Crippen LogP contribution in [0, 0.1) is 11.3 Å². The van der Waals surface area contributed by atoms with Crippen molar-refractivity contribution in [1.82, 2.24) is 0 Å². The lowest BCUT2D eigenvalue weighted by Crippen LogP contribution is -2.31. The zero-order chi connectivity index (χ0) is 10.3. The van der Waals surface area contributed by atoms with E-state index in [4.69, 9.17) is 5.73 Å². The maximum atomic E-state index is 5.91. The minimum absolute atomic E-state index is 0.435. The van der Waals surface area contributed by atoms with Crippen LogP contribution in [0.4, 0.5) is 0 Å². The number of hydrogen-bond donors (Lipinski definition) is 1. The van der Waals surface area contributed by atoms with Gasteiger partial charge in [-0.1, -0.05) is 40.5 Å². The zero-order valence-electron chi connectivity index (χ0n) is 9.90. The number of hydrogen-bond acceptors (Lipinski definition) is 1. The van der Waals surface area contributed by atoms with Gasteiger partial charge in [-0.15, -0.1) is 0 Å². The van der Waals surface area contributed by atoms with Gasteiger partial charge in [0.05, 0.1) is 0 Å². The van der Waals surface area contributed by atoms with E-state index in [0.29, 0.717) is 5.41 Å². The maximum Gasteiger partial charge on any atom is -0.00205 e. The summed E-state index contributed by atoms with van der Waals surface area (Å²) in [6.45, 7) is 10.0. The van der Waals surface area contributed by atoms with E-state index in [1.807, 2.05) is 0 Å². The molecule has 0 fully saturated rings. The van der Waals surface area contributed by atoms with E-state index in [1.165, 1.54) is 32.1 Å². The third-order valence-electron chi connectivity index (χ3n) is 3.44. The monoisotopic (exact) mass is 185 g/mol. The predicted octanol–water partition coefficient (Wildman–Crippen LogP) is 3.58. The van der Waals surface area contributed by atoms with Gasteiger partial charge in [-0.25, -0.2) is 0 Å². The highest BCUT2D eigenvalue weighted by atomic mass is 14.6. The Morgan fingerprint density at radius 2 is 1.85 bits per heavy atom. The molecule has 0 aliphatic carbocycles. The highest BCUT2D eigenvalue weighted by Crippen LogP contribution is 2.34. The van der Waals surface area contributed by atoms with Crippen molar-refractivity contribution in [1.29, 1.82) is 0 Å². The Bertz CT molecular complexity index is 116. The second-order valence-electron chi connectivity index (χ2n) is 4.53. The Labute approximate surface area is 84.1 Å². The van der Waals surface area contributed by atoms with Gasteiger partial charge in [-0.05, 0) is 37.1 Å². The average Bonchev–Trinajstić information content (AvgIpc) is 2.17. The molecule has 0 aliphatic heterocycles. The smallest absolute Gasteiger partial charge is 0.00205 e. The lowest BCUT2D eigenvalue weighted by molar-refractivity contribution is 0.197. The van der Waals surface area contributed by atoms with Gasteiger partial charge in [0.25, 0.3) is 0 Å². The molecule has 1 nitrogen and oxygen atoms in total. The lowest BCUT2D eigenvalue weighted by atomic mass is 9.74. The van der Waals surface area contributed by atoms with Crippen molar-refractivity contribution in [2.75, 3.05) is 6.54 Å². The van der Waals surface area contributed by atoms with Gasteiger partial charge in [0.1, 0.15) is 0 Å². The van der Waals surface area contributed by atoms with E-state index in [-0.39, 0.29) is 0 Å². The van der Waals surface area contributed by atoms with Gasteiger partial charge in [0.2, 0.25) is 0 Å². The largest absolute Gasteiger partial charge is 0.330 e.